The van der Waals surface area contributed by atoms with E-state index in [2.05, 4.69) is 10.2 Å². The molecule has 2 aromatic carbocycles. The molecule has 0 bridgehead atoms. The van der Waals surface area contributed by atoms with Gasteiger partial charge in [0.2, 0.25) is 0 Å². The van der Waals surface area contributed by atoms with Gasteiger partial charge < -0.3 is 24.6 Å². The van der Waals surface area contributed by atoms with Crippen molar-refractivity contribution in [1.82, 2.24) is 15.1 Å². The molecule has 1 N–H and O–H groups in total. The highest BCUT2D eigenvalue weighted by molar-refractivity contribution is 5.74. The van der Waals surface area contributed by atoms with Crippen molar-refractivity contribution in [3.63, 3.8) is 0 Å². The second-order valence-corrected chi connectivity index (χ2v) is 6.44. The van der Waals surface area contributed by atoms with Gasteiger partial charge >= 0.3 is 6.03 Å². The topological polar surface area (TPSA) is 54.0 Å². The molecule has 1 heterocycles. The number of nitrogens with one attached hydrogen (secondary N) is 1. The Balaban J connectivity index is 1.66. The first-order chi connectivity index (χ1) is 13.1. The Morgan fingerprint density at radius 3 is 2.41 bits per heavy atom. The van der Waals surface area contributed by atoms with Crippen molar-refractivity contribution in [3.05, 3.63) is 53.8 Å². The second kappa shape index (κ2) is 8.73. The summed E-state index contributed by atoms with van der Waals surface area (Å²) in [6.45, 7) is 3.05. The van der Waals surface area contributed by atoms with Crippen LogP contribution in [0.15, 0.2) is 42.5 Å². The SMILES string of the molecule is COc1ccc(Oc2cccc(F)c2CNC(=O)N2CCN(C)CC2)cc1. The van der Waals surface area contributed by atoms with E-state index in [1.807, 2.05) is 7.05 Å². The third-order valence-electron chi connectivity index (χ3n) is 4.57. The average Bonchev–Trinajstić information content (AvgIpc) is 2.68. The van der Waals surface area contributed by atoms with Crippen LogP contribution in [0.5, 0.6) is 17.2 Å². The molecule has 0 unspecified atom stereocenters. The maximum atomic E-state index is 14.3. The molecule has 3 rings (SSSR count). The number of likely N-dealkylation sites (N-methyl/N-ethyl adjacent to an activating group) is 1. The lowest BCUT2D eigenvalue weighted by atomic mass is 10.2. The summed E-state index contributed by atoms with van der Waals surface area (Å²) in [6, 6.07) is 11.5. The summed E-state index contributed by atoms with van der Waals surface area (Å²) in [7, 11) is 3.61. The van der Waals surface area contributed by atoms with Gasteiger partial charge in [-0.3, -0.25) is 0 Å². The minimum Gasteiger partial charge on any atom is -0.497 e. The monoisotopic (exact) mass is 373 g/mol. The van der Waals surface area contributed by atoms with Crippen molar-refractivity contribution in [2.24, 2.45) is 0 Å². The van der Waals surface area contributed by atoms with Crippen molar-refractivity contribution < 1.29 is 18.7 Å². The van der Waals surface area contributed by atoms with Gasteiger partial charge in [-0.05, 0) is 43.4 Å². The number of ether oxygens (including phenoxy) is 2. The summed E-state index contributed by atoms with van der Waals surface area (Å²) >= 11 is 0. The van der Waals surface area contributed by atoms with Gasteiger partial charge in [0.1, 0.15) is 23.1 Å². The molecule has 0 aromatic heterocycles. The highest BCUT2D eigenvalue weighted by Crippen LogP contribution is 2.28. The van der Waals surface area contributed by atoms with Crippen LogP contribution in [-0.4, -0.2) is 56.2 Å². The summed E-state index contributed by atoms with van der Waals surface area (Å²) in [4.78, 5) is 16.3. The number of benzene rings is 2. The molecule has 2 amide bonds. The lowest BCUT2D eigenvalue weighted by Crippen LogP contribution is -2.50. The van der Waals surface area contributed by atoms with E-state index in [9.17, 15) is 9.18 Å². The third kappa shape index (κ3) is 4.89. The molecule has 1 fully saturated rings. The number of carbonyl (C=O) groups excluding carboxylic acids is 1. The first-order valence-electron chi connectivity index (χ1n) is 8.87. The molecule has 0 spiro atoms. The minimum absolute atomic E-state index is 0.0589. The lowest BCUT2D eigenvalue weighted by molar-refractivity contribution is 0.154. The predicted octanol–water partition coefficient (Wildman–Crippen LogP) is 3.08. The summed E-state index contributed by atoms with van der Waals surface area (Å²) in [5.74, 6) is 1.23. The van der Waals surface area contributed by atoms with E-state index in [1.165, 1.54) is 6.07 Å². The number of nitrogens with zero attached hydrogens (tertiary/aromatic N) is 2. The Hall–Kier alpha value is -2.80. The van der Waals surface area contributed by atoms with Gasteiger partial charge in [-0.2, -0.15) is 0 Å². The van der Waals surface area contributed by atoms with Gasteiger partial charge in [0.15, 0.2) is 0 Å². The number of urea groups is 1. The normalized spacial score (nSPS) is 14.7. The molecule has 7 heteroatoms. The number of methoxy groups -OCH3 is 1. The third-order valence-corrected chi connectivity index (χ3v) is 4.57. The van der Waals surface area contributed by atoms with Crippen LogP contribution >= 0.6 is 0 Å². The van der Waals surface area contributed by atoms with Crippen LogP contribution < -0.4 is 14.8 Å². The zero-order chi connectivity index (χ0) is 19.2. The second-order valence-electron chi connectivity index (χ2n) is 6.44. The van der Waals surface area contributed by atoms with Crippen LogP contribution in [0.2, 0.25) is 0 Å². The van der Waals surface area contributed by atoms with Gasteiger partial charge in [-0.15, -0.1) is 0 Å². The number of carbonyl (C=O) groups is 1. The van der Waals surface area contributed by atoms with E-state index in [-0.39, 0.29) is 12.6 Å². The zero-order valence-corrected chi connectivity index (χ0v) is 15.6. The van der Waals surface area contributed by atoms with Crippen molar-refractivity contribution in [3.8, 4) is 17.2 Å². The fourth-order valence-corrected chi connectivity index (χ4v) is 2.86. The maximum Gasteiger partial charge on any atom is 0.317 e. The number of hydrogen-bond donors (Lipinski definition) is 1. The fraction of sp³-hybridized carbons (Fsp3) is 0.350. The molecule has 144 valence electrons. The molecular weight excluding hydrogens is 349 g/mol. The summed E-state index contributed by atoms with van der Waals surface area (Å²) in [5.41, 5.74) is 0.316. The molecule has 1 saturated heterocycles. The molecule has 0 saturated carbocycles. The molecule has 0 aliphatic carbocycles. The molecule has 6 nitrogen and oxygen atoms in total. The van der Waals surface area contributed by atoms with Crippen LogP contribution in [0.25, 0.3) is 0 Å². The average molecular weight is 373 g/mol. The molecule has 0 radical (unpaired) electrons. The quantitative estimate of drug-likeness (QED) is 0.875. The number of halogens is 1. The van der Waals surface area contributed by atoms with E-state index in [0.29, 0.717) is 35.9 Å². The Kier molecular flexibility index (Phi) is 6.13. The van der Waals surface area contributed by atoms with E-state index >= 15 is 0 Å². The van der Waals surface area contributed by atoms with E-state index in [1.54, 1.807) is 48.4 Å². The zero-order valence-electron chi connectivity index (χ0n) is 15.6. The Bertz CT molecular complexity index is 775. The highest BCUT2D eigenvalue weighted by atomic mass is 19.1. The van der Waals surface area contributed by atoms with Crippen LogP contribution in [0.3, 0.4) is 0 Å². The van der Waals surface area contributed by atoms with Gasteiger partial charge in [0.05, 0.1) is 13.7 Å². The van der Waals surface area contributed by atoms with Gasteiger partial charge in [0, 0.05) is 31.7 Å². The largest absolute Gasteiger partial charge is 0.497 e. The molecule has 2 aromatic rings. The highest BCUT2D eigenvalue weighted by Gasteiger charge is 2.20. The van der Waals surface area contributed by atoms with Crippen molar-refractivity contribution in [2.75, 3.05) is 40.3 Å². The van der Waals surface area contributed by atoms with Gasteiger partial charge in [-0.1, -0.05) is 6.07 Å². The van der Waals surface area contributed by atoms with E-state index in [0.717, 1.165) is 13.1 Å². The van der Waals surface area contributed by atoms with Crippen molar-refractivity contribution in [1.29, 1.82) is 0 Å². The number of amides is 2. The lowest BCUT2D eigenvalue weighted by Gasteiger charge is -2.32. The Morgan fingerprint density at radius 2 is 1.74 bits per heavy atom. The fourth-order valence-electron chi connectivity index (χ4n) is 2.86. The number of piperazine rings is 1. The first-order valence-corrected chi connectivity index (χ1v) is 8.87. The van der Waals surface area contributed by atoms with Crippen molar-refractivity contribution in [2.45, 2.75) is 6.54 Å². The van der Waals surface area contributed by atoms with E-state index < -0.39 is 5.82 Å². The summed E-state index contributed by atoms with van der Waals surface area (Å²) in [6.07, 6.45) is 0. The first kappa shape index (κ1) is 19.0. The molecule has 27 heavy (non-hydrogen) atoms. The van der Waals surface area contributed by atoms with Crippen LogP contribution in [0, 0.1) is 5.82 Å². The molecule has 1 aliphatic heterocycles. The van der Waals surface area contributed by atoms with Crippen LogP contribution in [0.1, 0.15) is 5.56 Å². The molecule has 1 aliphatic rings. The smallest absolute Gasteiger partial charge is 0.317 e. The Morgan fingerprint density at radius 1 is 1.07 bits per heavy atom. The summed E-state index contributed by atoms with van der Waals surface area (Å²) < 4.78 is 25.3. The van der Waals surface area contributed by atoms with Gasteiger partial charge in [0.25, 0.3) is 0 Å². The van der Waals surface area contributed by atoms with Gasteiger partial charge in [-0.25, -0.2) is 9.18 Å². The van der Waals surface area contributed by atoms with Crippen molar-refractivity contribution >= 4 is 6.03 Å². The van der Waals surface area contributed by atoms with E-state index in [4.69, 9.17) is 9.47 Å². The molecular formula is C20H24FN3O3. The maximum absolute atomic E-state index is 14.3. The van der Waals surface area contributed by atoms with Crippen LogP contribution in [-0.2, 0) is 6.54 Å². The minimum atomic E-state index is -0.417. The molecule has 0 atom stereocenters. The number of rotatable bonds is 5. The number of hydrogen-bond acceptors (Lipinski definition) is 4. The summed E-state index contributed by atoms with van der Waals surface area (Å²) in [5, 5.41) is 2.80. The Labute approximate surface area is 158 Å². The predicted molar refractivity (Wildman–Crippen MR) is 101 cm³/mol. The standard InChI is InChI=1S/C20H24FN3O3/c1-23-10-12-24(13-11-23)20(25)22-14-17-18(21)4-3-5-19(17)27-16-8-6-15(26-2)7-9-16/h3-9H,10-14H2,1-2H3,(H,22,25). The van der Waals surface area contributed by atoms with Crippen LogP contribution in [0.4, 0.5) is 9.18 Å².